The van der Waals surface area contributed by atoms with E-state index in [1.807, 2.05) is 27.0 Å². The number of nitrogens with one attached hydrogen (secondary N) is 1. The van der Waals surface area contributed by atoms with E-state index >= 15 is 0 Å². The maximum atomic E-state index is 5.32. The largest absolute Gasteiger partial charge is 0.346 e. The van der Waals surface area contributed by atoms with Crippen LogP contribution >= 0.6 is 0 Å². The predicted octanol–water partition coefficient (Wildman–Crippen LogP) is 1.25. The quantitative estimate of drug-likeness (QED) is 0.675. The topological polar surface area (TPSA) is 54.7 Å². The highest BCUT2D eigenvalue weighted by Crippen LogP contribution is 1.94. The van der Waals surface area contributed by atoms with Gasteiger partial charge in [0, 0.05) is 18.3 Å². The molecule has 3 N–H and O–H groups in total. The first-order valence-corrected chi connectivity index (χ1v) is 4.03. The summed E-state index contributed by atoms with van der Waals surface area (Å²) >= 11 is 0. The van der Waals surface area contributed by atoms with Crippen LogP contribution in [-0.4, -0.2) is 16.5 Å². The molecule has 0 saturated heterocycles. The van der Waals surface area contributed by atoms with Gasteiger partial charge in [-0.25, -0.2) is 4.98 Å². The zero-order chi connectivity index (χ0) is 8.69. The zero-order valence-electron chi connectivity index (χ0n) is 7.52. The van der Waals surface area contributed by atoms with Crippen LogP contribution in [0.4, 0.5) is 0 Å². The molecular weight excluding hydrogens is 138 g/mol. The van der Waals surface area contributed by atoms with Crippen LogP contribution in [0.15, 0.2) is 6.20 Å². The number of hydrogen-bond acceptors (Lipinski definition) is 2. The molecule has 3 heteroatoms. The molecule has 0 aliphatic carbocycles. The lowest BCUT2D eigenvalue weighted by atomic mass is 10.3. The molecule has 0 amide bonds. The first-order chi connectivity index (χ1) is 5.33. The third-order valence-electron chi connectivity index (χ3n) is 1.17. The number of aromatic nitrogens is 2. The van der Waals surface area contributed by atoms with E-state index in [0.29, 0.717) is 6.54 Å². The molecule has 0 aromatic carbocycles. The molecule has 1 aromatic rings. The summed E-state index contributed by atoms with van der Waals surface area (Å²) in [7, 11) is 0. The van der Waals surface area contributed by atoms with Crippen LogP contribution in [0.25, 0.3) is 0 Å². The van der Waals surface area contributed by atoms with Crippen LogP contribution < -0.4 is 5.73 Å². The second kappa shape index (κ2) is 5.92. The van der Waals surface area contributed by atoms with Crippen LogP contribution in [0.3, 0.4) is 0 Å². The Morgan fingerprint density at radius 1 is 1.55 bits per heavy atom. The van der Waals surface area contributed by atoms with Crippen molar-refractivity contribution in [2.24, 2.45) is 5.73 Å². The summed E-state index contributed by atoms with van der Waals surface area (Å²) in [4.78, 5) is 7.11. The minimum atomic E-state index is 0.682. The number of H-pyrrole nitrogens is 1. The lowest BCUT2D eigenvalue weighted by Crippen LogP contribution is -2.02. The van der Waals surface area contributed by atoms with Gasteiger partial charge in [-0.3, -0.25) is 0 Å². The number of rotatable bonds is 2. The Kier molecular flexibility index (Phi) is 5.47. The highest BCUT2D eigenvalue weighted by molar-refractivity contribution is 4.99. The molecule has 1 heterocycles. The Bertz CT molecular complexity index is 181. The van der Waals surface area contributed by atoms with Crippen molar-refractivity contribution in [2.75, 3.05) is 6.54 Å². The van der Waals surface area contributed by atoms with E-state index in [4.69, 9.17) is 5.73 Å². The Hall–Kier alpha value is -0.830. The molecule has 11 heavy (non-hydrogen) atoms. The Morgan fingerprint density at radius 2 is 2.18 bits per heavy atom. The van der Waals surface area contributed by atoms with Gasteiger partial charge >= 0.3 is 0 Å². The molecule has 1 rings (SSSR count). The van der Waals surface area contributed by atoms with Crippen LogP contribution in [0.2, 0.25) is 0 Å². The van der Waals surface area contributed by atoms with Crippen molar-refractivity contribution in [3.05, 3.63) is 17.7 Å². The molecule has 0 fully saturated rings. The average molecular weight is 155 g/mol. The monoisotopic (exact) mass is 155 g/mol. The number of hydrogen-bond donors (Lipinski definition) is 2. The summed E-state index contributed by atoms with van der Waals surface area (Å²) in [5.74, 6) is 0.957. The van der Waals surface area contributed by atoms with Gasteiger partial charge in [0.05, 0.1) is 0 Å². The number of nitrogens with zero attached hydrogens (tertiary/aromatic N) is 1. The van der Waals surface area contributed by atoms with E-state index in [9.17, 15) is 0 Å². The van der Waals surface area contributed by atoms with Gasteiger partial charge in [0.1, 0.15) is 5.82 Å². The molecule has 3 nitrogen and oxygen atoms in total. The molecule has 0 unspecified atom stereocenters. The molecule has 0 aliphatic heterocycles. The SMILES string of the molecule is CC.Cc1ncc(CCN)[nH]1. The van der Waals surface area contributed by atoms with E-state index in [1.54, 1.807) is 0 Å². The minimum Gasteiger partial charge on any atom is -0.346 e. The smallest absolute Gasteiger partial charge is 0.103 e. The minimum absolute atomic E-state index is 0.682. The van der Waals surface area contributed by atoms with Crippen LogP contribution in [-0.2, 0) is 6.42 Å². The van der Waals surface area contributed by atoms with Crippen molar-refractivity contribution < 1.29 is 0 Å². The van der Waals surface area contributed by atoms with E-state index in [2.05, 4.69) is 9.97 Å². The second-order valence-corrected chi connectivity index (χ2v) is 2.03. The molecule has 0 spiro atoms. The van der Waals surface area contributed by atoms with Gasteiger partial charge in [-0.05, 0) is 13.5 Å². The van der Waals surface area contributed by atoms with Gasteiger partial charge in [0.25, 0.3) is 0 Å². The summed E-state index contributed by atoms with van der Waals surface area (Å²) in [5.41, 5.74) is 6.44. The first-order valence-electron chi connectivity index (χ1n) is 4.03. The highest BCUT2D eigenvalue weighted by atomic mass is 14.9. The van der Waals surface area contributed by atoms with Crippen molar-refractivity contribution in [1.29, 1.82) is 0 Å². The maximum Gasteiger partial charge on any atom is 0.103 e. The third kappa shape index (κ3) is 3.78. The van der Waals surface area contributed by atoms with Gasteiger partial charge in [-0.2, -0.15) is 0 Å². The molecular formula is C8H17N3. The van der Waals surface area contributed by atoms with Gasteiger partial charge in [0.15, 0.2) is 0 Å². The normalized spacial score (nSPS) is 8.73. The van der Waals surface area contributed by atoms with Crippen molar-refractivity contribution in [2.45, 2.75) is 27.2 Å². The van der Waals surface area contributed by atoms with Gasteiger partial charge < -0.3 is 10.7 Å². The van der Waals surface area contributed by atoms with Crippen molar-refractivity contribution >= 4 is 0 Å². The third-order valence-corrected chi connectivity index (χ3v) is 1.17. The molecule has 0 atom stereocenters. The van der Waals surface area contributed by atoms with E-state index < -0.39 is 0 Å². The standard InChI is InChI=1S/C6H11N3.C2H6/c1-5-8-4-6(9-5)2-3-7;1-2/h4H,2-3,7H2,1H3,(H,8,9);1-2H3. The Labute approximate surface area is 68.0 Å². The fourth-order valence-electron chi connectivity index (χ4n) is 0.754. The average Bonchev–Trinajstić information content (AvgIpc) is 2.41. The lowest BCUT2D eigenvalue weighted by molar-refractivity contribution is 0.929. The van der Waals surface area contributed by atoms with Crippen LogP contribution in [0, 0.1) is 6.92 Å². The summed E-state index contributed by atoms with van der Waals surface area (Å²) in [6.45, 7) is 6.61. The summed E-state index contributed by atoms with van der Waals surface area (Å²) in [6.07, 6.45) is 2.71. The molecule has 64 valence electrons. The van der Waals surface area contributed by atoms with Gasteiger partial charge in [-0.15, -0.1) is 0 Å². The highest BCUT2D eigenvalue weighted by Gasteiger charge is 1.92. The second-order valence-electron chi connectivity index (χ2n) is 2.03. The lowest BCUT2D eigenvalue weighted by Gasteiger charge is -1.87. The van der Waals surface area contributed by atoms with Gasteiger partial charge in [0.2, 0.25) is 0 Å². The summed E-state index contributed by atoms with van der Waals surface area (Å²) in [5, 5.41) is 0. The van der Waals surface area contributed by atoms with E-state index in [0.717, 1.165) is 17.9 Å². The molecule has 0 radical (unpaired) electrons. The number of aryl methyl sites for hydroxylation is 1. The maximum absolute atomic E-state index is 5.32. The molecule has 0 aliphatic rings. The van der Waals surface area contributed by atoms with Crippen LogP contribution in [0.5, 0.6) is 0 Å². The van der Waals surface area contributed by atoms with E-state index in [1.165, 1.54) is 0 Å². The fraction of sp³-hybridized carbons (Fsp3) is 0.625. The summed E-state index contributed by atoms with van der Waals surface area (Å²) < 4.78 is 0. The fourth-order valence-corrected chi connectivity index (χ4v) is 0.754. The molecule has 0 saturated carbocycles. The predicted molar refractivity (Wildman–Crippen MR) is 47.4 cm³/mol. The zero-order valence-corrected chi connectivity index (χ0v) is 7.52. The Balaban J connectivity index is 0.000000461. The summed E-state index contributed by atoms with van der Waals surface area (Å²) in [6, 6.07) is 0. The Morgan fingerprint density at radius 3 is 2.55 bits per heavy atom. The molecule has 1 aromatic heterocycles. The van der Waals surface area contributed by atoms with Gasteiger partial charge in [-0.1, -0.05) is 13.8 Å². The number of imidazole rings is 1. The van der Waals surface area contributed by atoms with E-state index in [-0.39, 0.29) is 0 Å². The molecule has 0 bridgehead atoms. The number of aromatic amines is 1. The van der Waals surface area contributed by atoms with Crippen molar-refractivity contribution in [1.82, 2.24) is 9.97 Å². The first kappa shape index (κ1) is 10.2. The van der Waals surface area contributed by atoms with Crippen molar-refractivity contribution in [3.63, 3.8) is 0 Å². The van der Waals surface area contributed by atoms with Crippen LogP contribution in [0.1, 0.15) is 25.4 Å². The van der Waals surface area contributed by atoms with Crippen molar-refractivity contribution in [3.8, 4) is 0 Å². The number of nitrogens with two attached hydrogens (primary N) is 1.